The molecule has 8 rings (SSSR count). The number of likely N-dealkylation sites (N-methyl/N-ethyl adjacent to an activating group) is 2. The number of benzene rings is 4. The van der Waals surface area contributed by atoms with Gasteiger partial charge in [0.2, 0.25) is 0 Å². The number of aryl methyl sites for hydroxylation is 1. The molecule has 1 unspecified atom stereocenters. The van der Waals surface area contributed by atoms with Crippen molar-refractivity contribution in [1.29, 1.82) is 0 Å². The Kier molecular flexibility index (Phi) is 10.9. The van der Waals surface area contributed by atoms with Crippen LogP contribution in [0.4, 0.5) is 0 Å². The summed E-state index contributed by atoms with van der Waals surface area (Å²) in [4.78, 5) is 10.6. The van der Waals surface area contributed by atoms with Crippen molar-refractivity contribution in [2.45, 2.75) is 92.9 Å². The molecule has 298 valence electrons. The van der Waals surface area contributed by atoms with Crippen LogP contribution in [0.25, 0.3) is 10.9 Å². The highest BCUT2D eigenvalue weighted by Crippen LogP contribution is 2.58. The molecule has 2 saturated carbocycles. The predicted octanol–water partition coefficient (Wildman–Crippen LogP) is 10.7. The van der Waals surface area contributed by atoms with E-state index in [4.69, 9.17) is 5.73 Å². The fourth-order valence-corrected chi connectivity index (χ4v) is 12.9. The number of nitrogens with one attached hydrogen (secondary N) is 1. The van der Waals surface area contributed by atoms with Crippen LogP contribution in [-0.2, 0) is 28.5 Å². The van der Waals surface area contributed by atoms with Gasteiger partial charge in [-0.3, -0.25) is 10.6 Å². The number of nitrogens with zero attached hydrogens (tertiary/aromatic N) is 3. The molecule has 2 aromatic heterocycles. The summed E-state index contributed by atoms with van der Waals surface area (Å²) in [5, 5.41) is 3.56. The van der Waals surface area contributed by atoms with Gasteiger partial charge in [-0.1, -0.05) is 115 Å². The Hall–Kier alpha value is -4.04. The molecule has 2 heterocycles. The van der Waals surface area contributed by atoms with Gasteiger partial charge in [-0.25, -0.2) is 0 Å². The molecule has 57 heavy (non-hydrogen) atoms. The van der Waals surface area contributed by atoms with Crippen LogP contribution < -0.4 is 5.73 Å². The van der Waals surface area contributed by atoms with E-state index in [1.165, 1.54) is 43.7 Å². The van der Waals surface area contributed by atoms with Gasteiger partial charge in [0.15, 0.2) is 6.17 Å². The van der Waals surface area contributed by atoms with E-state index >= 15 is 0 Å². The first-order chi connectivity index (χ1) is 27.5. The summed E-state index contributed by atoms with van der Waals surface area (Å²) in [5.74, 6) is 0. The number of hydrogen-bond acceptors (Lipinski definition) is 4. The molecule has 0 spiro atoms. The van der Waals surface area contributed by atoms with Crippen molar-refractivity contribution in [3.8, 4) is 0 Å². The maximum atomic E-state index is 8.20. The third-order valence-electron chi connectivity index (χ3n) is 15.2. The average molecular weight is 779 g/mol. The molecule has 1 atom stereocenters. The molecule has 4 aromatic carbocycles. The molecule has 6 aromatic rings. The van der Waals surface area contributed by atoms with Crippen molar-refractivity contribution >= 4 is 22.2 Å². The van der Waals surface area contributed by atoms with Crippen LogP contribution in [0.3, 0.4) is 0 Å². The lowest BCUT2D eigenvalue weighted by molar-refractivity contribution is -0.978. The molecule has 0 amide bonds. The lowest BCUT2D eigenvalue weighted by Crippen LogP contribution is -2.73. The van der Waals surface area contributed by atoms with E-state index in [1.54, 1.807) is 0 Å². The summed E-state index contributed by atoms with van der Waals surface area (Å²) < 4.78 is 0.727. The standard InChI is InChI=1S/C51H64N5S/c1-39-43-25-16-17-26-44(43)53-46(39)49(30-32-50(33-31-49,54(2)3)45-27-18-36-57-45)47(52)56(5,6)51(42-23-14-9-15-24-42)34-28-48(29-35-51,41-21-12-8-13-22-41)38-55(4)37-40-19-10-7-11-20-40/h7-27,36,47,53H,28-35,37-38,52H2,1-6H3/q+1. The summed E-state index contributed by atoms with van der Waals surface area (Å²) in [5.41, 5.74) is 16.0. The van der Waals surface area contributed by atoms with Crippen LogP contribution in [-0.4, -0.2) is 67.2 Å². The highest BCUT2D eigenvalue weighted by molar-refractivity contribution is 7.10. The zero-order valence-electron chi connectivity index (χ0n) is 35.2. The smallest absolute Gasteiger partial charge is 0.152 e. The first-order valence-corrected chi connectivity index (χ1v) is 22.1. The van der Waals surface area contributed by atoms with Gasteiger partial charge in [0.25, 0.3) is 0 Å². The lowest BCUT2D eigenvalue weighted by atomic mass is 9.58. The molecular weight excluding hydrogens is 715 g/mol. The largest absolute Gasteiger partial charge is 0.357 e. The summed E-state index contributed by atoms with van der Waals surface area (Å²) in [6.07, 6.45) is 8.32. The highest BCUT2D eigenvalue weighted by Gasteiger charge is 2.62. The molecule has 0 saturated heterocycles. The van der Waals surface area contributed by atoms with Crippen molar-refractivity contribution in [2.75, 3.05) is 41.8 Å². The molecule has 2 fully saturated rings. The molecule has 2 aliphatic carbocycles. The summed E-state index contributed by atoms with van der Waals surface area (Å²) in [7, 11) is 11.8. The Bertz CT molecular complexity index is 2210. The van der Waals surface area contributed by atoms with Crippen LogP contribution in [0.15, 0.2) is 133 Å². The minimum absolute atomic E-state index is 0.00251. The van der Waals surface area contributed by atoms with E-state index < -0.39 is 0 Å². The number of hydrogen-bond donors (Lipinski definition) is 2. The second kappa shape index (κ2) is 15.6. The minimum Gasteiger partial charge on any atom is -0.357 e. The number of thiophene rings is 1. The average Bonchev–Trinajstić information content (AvgIpc) is 3.91. The van der Waals surface area contributed by atoms with Crippen molar-refractivity contribution in [3.05, 3.63) is 166 Å². The first-order valence-electron chi connectivity index (χ1n) is 21.2. The van der Waals surface area contributed by atoms with Crippen molar-refractivity contribution in [3.63, 3.8) is 0 Å². The molecule has 3 N–H and O–H groups in total. The van der Waals surface area contributed by atoms with Crippen LogP contribution in [0.1, 0.15) is 84.2 Å². The van der Waals surface area contributed by atoms with E-state index in [0.29, 0.717) is 0 Å². The summed E-state index contributed by atoms with van der Waals surface area (Å²) in [6, 6.07) is 47.3. The van der Waals surface area contributed by atoms with E-state index in [1.807, 2.05) is 11.3 Å². The van der Waals surface area contributed by atoms with Crippen LogP contribution in [0.2, 0.25) is 0 Å². The third-order valence-corrected chi connectivity index (χ3v) is 16.3. The number of aromatic amines is 1. The number of fused-ring (bicyclic) bond motifs is 1. The van der Waals surface area contributed by atoms with Gasteiger partial charge in [-0.15, -0.1) is 11.3 Å². The first kappa shape index (κ1) is 39.8. The number of para-hydroxylation sites is 1. The second-order valence-corrected chi connectivity index (χ2v) is 19.4. The van der Waals surface area contributed by atoms with E-state index in [-0.39, 0.29) is 28.1 Å². The molecule has 0 bridgehead atoms. The van der Waals surface area contributed by atoms with Gasteiger partial charge < -0.3 is 14.4 Å². The fourth-order valence-electron chi connectivity index (χ4n) is 11.8. The van der Waals surface area contributed by atoms with Gasteiger partial charge in [-0.2, -0.15) is 0 Å². The van der Waals surface area contributed by atoms with Gasteiger partial charge in [0, 0.05) is 58.4 Å². The number of rotatable bonds is 12. The predicted molar refractivity (Wildman–Crippen MR) is 240 cm³/mol. The summed E-state index contributed by atoms with van der Waals surface area (Å²) >= 11 is 1.91. The van der Waals surface area contributed by atoms with E-state index in [0.717, 1.165) is 68.9 Å². The molecule has 2 aliphatic rings. The maximum Gasteiger partial charge on any atom is 0.152 e. The SMILES string of the molecule is Cc1c(C2(C(N)[N+](C)(C)C3(c4ccccc4)CCC(CN(C)Cc4ccccc4)(c4ccccc4)CC3)CCC(c3cccs3)(N(C)C)CC2)[nH]c2ccccc12. The third kappa shape index (κ3) is 6.81. The maximum absolute atomic E-state index is 8.20. The van der Waals surface area contributed by atoms with Crippen LogP contribution in [0, 0.1) is 6.92 Å². The van der Waals surface area contributed by atoms with Gasteiger partial charge in [0.05, 0.1) is 25.0 Å². The number of H-pyrrole nitrogens is 1. The highest BCUT2D eigenvalue weighted by atomic mass is 32.1. The van der Waals surface area contributed by atoms with E-state index in [9.17, 15) is 0 Å². The van der Waals surface area contributed by atoms with Crippen LogP contribution >= 0.6 is 11.3 Å². The Morgan fingerprint density at radius 3 is 1.84 bits per heavy atom. The quantitative estimate of drug-likeness (QED) is 0.0961. The Labute approximate surface area is 346 Å². The number of quaternary nitrogens is 1. The molecule has 6 heteroatoms. The topological polar surface area (TPSA) is 48.3 Å². The van der Waals surface area contributed by atoms with Gasteiger partial charge >= 0.3 is 0 Å². The van der Waals surface area contributed by atoms with Gasteiger partial charge in [-0.05, 0) is 101 Å². The second-order valence-electron chi connectivity index (χ2n) is 18.4. The van der Waals surface area contributed by atoms with Crippen LogP contribution in [0.5, 0.6) is 0 Å². The number of nitrogens with two attached hydrogens (primary N) is 1. The fraction of sp³-hybridized carbons (Fsp3) is 0.412. The zero-order valence-corrected chi connectivity index (χ0v) is 36.0. The van der Waals surface area contributed by atoms with Gasteiger partial charge in [0.1, 0.15) is 5.54 Å². The molecule has 5 nitrogen and oxygen atoms in total. The Balaban J connectivity index is 1.21. The number of aromatic nitrogens is 1. The van der Waals surface area contributed by atoms with E-state index in [2.05, 4.69) is 190 Å². The monoisotopic (exact) mass is 778 g/mol. The zero-order chi connectivity index (χ0) is 39.9. The Morgan fingerprint density at radius 1 is 0.684 bits per heavy atom. The molecule has 0 radical (unpaired) electrons. The summed E-state index contributed by atoms with van der Waals surface area (Å²) in [6.45, 7) is 4.30. The minimum atomic E-state index is -0.255. The van der Waals surface area contributed by atoms with Crippen molar-refractivity contribution in [1.82, 2.24) is 14.8 Å². The lowest BCUT2D eigenvalue weighted by Gasteiger charge is -2.61. The van der Waals surface area contributed by atoms with Crippen molar-refractivity contribution < 1.29 is 4.48 Å². The Morgan fingerprint density at radius 2 is 1.26 bits per heavy atom. The molecular formula is C51H64N5S+. The normalized spacial score (nSPS) is 26.3. The van der Waals surface area contributed by atoms with Crippen molar-refractivity contribution in [2.24, 2.45) is 5.73 Å². The molecule has 0 aliphatic heterocycles.